The largest absolute Gasteiger partial charge is 0.392 e. The van der Waals surface area contributed by atoms with Crippen LogP contribution in [0.25, 0.3) is 0 Å². The van der Waals surface area contributed by atoms with E-state index in [1.165, 1.54) is 0 Å². The second-order valence-corrected chi connectivity index (χ2v) is 5.78. The van der Waals surface area contributed by atoms with Gasteiger partial charge in [-0.05, 0) is 17.5 Å². The number of aryl methyl sites for hydroxylation is 1. The second kappa shape index (κ2) is 8.43. The van der Waals surface area contributed by atoms with Crippen LogP contribution < -0.4 is 5.32 Å². The lowest BCUT2D eigenvalue weighted by molar-refractivity contribution is -0.121. The van der Waals surface area contributed by atoms with E-state index in [2.05, 4.69) is 15.5 Å². The lowest BCUT2D eigenvalue weighted by Gasteiger charge is -2.05. The molecule has 6 nitrogen and oxygen atoms in total. The van der Waals surface area contributed by atoms with Gasteiger partial charge in [-0.25, -0.2) is 0 Å². The molecule has 0 atom stereocenters. The highest BCUT2D eigenvalue weighted by Crippen LogP contribution is 2.10. The van der Waals surface area contributed by atoms with Crippen molar-refractivity contribution in [1.29, 1.82) is 0 Å². The number of nitrogens with one attached hydrogen (secondary N) is 1. The van der Waals surface area contributed by atoms with E-state index in [1.54, 1.807) is 0 Å². The summed E-state index contributed by atoms with van der Waals surface area (Å²) in [6, 6.07) is 7.70. The standard InChI is InChI=1S/C17H23N3O3/c1-12(2)17-19-16(23-20-17)8-7-15(22)18-10-9-13-3-5-14(11-21)6-4-13/h3-6,12,21H,7-11H2,1-2H3,(H,18,22). The summed E-state index contributed by atoms with van der Waals surface area (Å²) in [6.45, 7) is 4.62. The van der Waals surface area contributed by atoms with Crippen molar-refractivity contribution >= 4 is 5.91 Å². The quantitative estimate of drug-likeness (QED) is 0.777. The van der Waals surface area contributed by atoms with E-state index in [0.717, 1.165) is 17.5 Å². The van der Waals surface area contributed by atoms with Crippen molar-refractivity contribution in [3.63, 3.8) is 0 Å². The zero-order valence-electron chi connectivity index (χ0n) is 13.6. The Bertz CT molecular complexity index is 620. The molecule has 0 aliphatic carbocycles. The van der Waals surface area contributed by atoms with Crippen LogP contribution in [0.2, 0.25) is 0 Å². The molecule has 0 radical (unpaired) electrons. The number of amides is 1. The van der Waals surface area contributed by atoms with Gasteiger partial charge in [-0.2, -0.15) is 4.98 Å². The summed E-state index contributed by atoms with van der Waals surface area (Å²) in [5.41, 5.74) is 2.01. The summed E-state index contributed by atoms with van der Waals surface area (Å²) in [6.07, 6.45) is 1.55. The van der Waals surface area contributed by atoms with Crippen molar-refractivity contribution in [1.82, 2.24) is 15.5 Å². The van der Waals surface area contributed by atoms with Crippen molar-refractivity contribution in [3.05, 3.63) is 47.1 Å². The number of hydrogen-bond donors (Lipinski definition) is 2. The van der Waals surface area contributed by atoms with E-state index in [9.17, 15) is 4.79 Å². The Balaban J connectivity index is 1.68. The highest BCUT2D eigenvalue weighted by molar-refractivity contribution is 5.75. The van der Waals surface area contributed by atoms with Gasteiger partial charge >= 0.3 is 0 Å². The minimum absolute atomic E-state index is 0.0266. The monoisotopic (exact) mass is 317 g/mol. The number of carbonyl (C=O) groups excluding carboxylic acids is 1. The molecule has 0 saturated carbocycles. The second-order valence-electron chi connectivity index (χ2n) is 5.78. The average molecular weight is 317 g/mol. The molecule has 0 saturated heterocycles. The van der Waals surface area contributed by atoms with E-state index in [0.29, 0.717) is 31.1 Å². The number of aromatic nitrogens is 2. The number of carbonyl (C=O) groups is 1. The summed E-state index contributed by atoms with van der Waals surface area (Å²) >= 11 is 0. The lowest BCUT2D eigenvalue weighted by atomic mass is 10.1. The minimum atomic E-state index is -0.0266. The van der Waals surface area contributed by atoms with Crippen LogP contribution >= 0.6 is 0 Å². The molecule has 0 aliphatic rings. The third-order valence-corrected chi connectivity index (χ3v) is 3.51. The maximum Gasteiger partial charge on any atom is 0.227 e. The first-order valence-corrected chi connectivity index (χ1v) is 7.86. The van der Waals surface area contributed by atoms with E-state index in [4.69, 9.17) is 9.63 Å². The topological polar surface area (TPSA) is 88.2 Å². The van der Waals surface area contributed by atoms with Crippen LogP contribution in [0.15, 0.2) is 28.8 Å². The molecule has 0 spiro atoms. The predicted octanol–water partition coefficient (Wildman–Crippen LogP) is 1.98. The number of benzene rings is 1. The zero-order chi connectivity index (χ0) is 16.7. The number of nitrogens with zero attached hydrogens (tertiary/aromatic N) is 2. The van der Waals surface area contributed by atoms with Gasteiger partial charge in [0.1, 0.15) is 0 Å². The molecule has 124 valence electrons. The molecule has 1 heterocycles. The Morgan fingerprint density at radius 2 is 1.91 bits per heavy atom. The molecule has 1 aromatic heterocycles. The molecule has 1 aromatic carbocycles. The molecule has 2 aromatic rings. The Labute approximate surface area is 135 Å². The van der Waals surface area contributed by atoms with E-state index in [-0.39, 0.29) is 18.4 Å². The molecule has 2 rings (SSSR count). The molecular formula is C17H23N3O3. The Morgan fingerprint density at radius 3 is 2.52 bits per heavy atom. The molecule has 2 N–H and O–H groups in total. The van der Waals surface area contributed by atoms with Crippen LogP contribution in [-0.4, -0.2) is 27.7 Å². The molecule has 0 fully saturated rings. The van der Waals surface area contributed by atoms with Gasteiger partial charge in [0, 0.05) is 25.3 Å². The number of rotatable bonds is 8. The fourth-order valence-corrected chi connectivity index (χ4v) is 2.07. The number of aliphatic hydroxyl groups is 1. The molecule has 6 heteroatoms. The normalized spacial score (nSPS) is 11.0. The molecule has 23 heavy (non-hydrogen) atoms. The highest BCUT2D eigenvalue weighted by atomic mass is 16.5. The van der Waals surface area contributed by atoms with Crippen LogP contribution in [0, 0.1) is 0 Å². The van der Waals surface area contributed by atoms with Gasteiger partial charge in [-0.3, -0.25) is 4.79 Å². The van der Waals surface area contributed by atoms with Crippen molar-refractivity contribution < 1.29 is 14.4 Å². The maximum atomic E-state index is 11.8. The average Bonchev–Trinajstić information content (AvgIpc) is 3.03. The smallest absolute Gasteiger partial charge is 0.227 e. The SMILES string of the molecule is CC(C)c1noc(CCC(=O)NCCc2ccc(CO)cc2)n1. The van der Waals surface area contributed by atoms with Gasteiger partial charge in [-0.15, -0.1) is 0 Å². The van der Waals surface area contributed by atoms with Gasteiger partial charge in [-0.1, -0.05) is 43.3 Å². The fourth-order valence-electron chi connectivity index (χ4n) is 2.07. The highest BCUT2D eigenvalue weighted by Gasteiger charge is 2.11. The third kappa shape index (κ3) is 5.49. The van der Waals surface area contributed by atoms with Crippen LogP contribution in [-0.2, 0) is 24.2 Å². The van der Waals surface area contributed by atoms with Crippen LogP contribution in [0.5, 0.6) is 0 Å². The first-order valence-electron chi connectivity index (χ1n) is 7.86. The summed E-state index contributed by atoms with van der Waals surface area (Å²) in [5, 5.41) is 15.7. The first kappa shape index (κ1) is 17.1. The lowest BCUT2D eigenvalue weighted by Crippen LogP contribution is -2.25. The Morgan fingerprint density at radius 1 is 1.22 bits per heavy atom. The molecule has 0 aliphatic heterocycles. The van der Waals surface area contributed by atoms with Gasteiger partial charge in [0.25, 0.3) is 0 Å². The first-order chi connectivity index (χ1) is 11.1. The number of aliphatic hydroxyl groups excluding tert-OH is 1. The van der Waals surface area contributed by atoms with Gasteiger partial charge in [0.05, 0.1) is 6.61 Å². The molecular weight excluding hydrogens is 294 g/mol. The van der Waals surface area contributed by atoms with Gasteiger partial charge in [0.2, 0.25) is 11.8 Å². The van der Waals surface area contributed by atoms with Crippen LogP contribution in [0.3, 0.4) is 0 Å². The number of hydrogen-bond acceptors (Lipinski definition) is 5. The maximum absolute atomic E-state index is 11.8. The summed E-state index contributed by atoms with van der Waals surface area (Å²) in [4.78, 5) is 16.1. The summed E-state index contributed by atoms with van der Waals surface area (Å²) in [5.74, 6) is 1.37. The van der Waals surface area contributed by atoms with Crippen molar-refractivity contribution in [2.24, 2.45) is 0 Å². The third-order valence-electron chi connectivity index (χ3n) is 3.51. The van der Waals surface area contributed by atoms with Crippen molar-refractivity contribution in [2.75, 3.05) is 6.54 Å². The zero-order valence-corrected chi connectivity index (χ0v) is 13.6. The molecule has 0 unspecified atom stereocenters. The van der Waals surface area contributed by atoms with Crippen molar-refractivity contribution in [2.45, 2.75) is 45.6 Å². The Kier molecular flexibility index (Phi) is 6.29. The van der Waals surface area contributed by atoms with E-state index in [1.807, 2.05) is 38.1 Å². The van der Waals surface area contributed by atoms with Gasteiger partial charge in [0.15, 0.2) is 5.82 Å². The van der Waals surface area contributed by atoms with E-state index >= 15 is 0 Å². The van der Waals surface area contributed by atoms with Crippen molar-refractivity contribution in [3.8, 4) is 0 Å². The fraction of sp³-hybridized carbons (Fsp3) is 0.471. The minimum Gasteiger partial charge on any atom is -0.392 e. The molecule has 1 amide bonds. The predicted molar refractivity (Wildman–Crippen MR) is 85.8 cm³/mol. The van der Waals surface area contributed by atoms with Gasteiger partial charge < -0.3 is 14.9 Å². The summed E-state index contributed by atoms with van der Waals surface area (Å²) in [7, 11) is 0. The summed E-state index contributed by atoms with van der Waals surface area (Å²) < 4.78 is 5.11. The van der Waals surface area contributed by atoms with Crippen LogP contribution in [0.4, 0.5) is 0 Å². The Hall–Kier alpha value is -2.21. The van der Waals surface area contributed by atoms with E-state index < -0.39 is 0 Å². The van der Waals surface area contributed by atoms with Crippen LogP contribution in [0.1, 0.15) is 49.0 Å². The molecule has 0 bridgehead atoms.